The molecule has 170 valence electrons. The number of nitrogens with zero attached hydrogens (tertiary/aromatic N) is 3. The topological polar surface area (TPSA) is 128 Å². The van der Waals surface area contributed by atoms with Crippen LogP contribution in [-0.4, -0.2) is 55.1 Å². The lowest BCUT2D eigenvalue weighted by molar-refractivity contribution is 0.0730. The molecular weight excluding hydrogens is 436 g/mol. The van der Waals surface area contributed by atoms with Gasteiger partial charge >= 0.3 is 0 Å². The zero-order chi connectivity index (χ0) is 22.7. The summed E-state index contributed by atoms with van der Waals surface area (Å²) in [4.78, 5) is 17.0. The van der Waals surface area contributed by atoms with Crippen LogP contribution < -0.4 is 5.32 Å². The highest BCUT2D eigenvalue weighted by Gasteiger charge is 2.28. The molecule has 1 atom stereocenters. The van der Waals surface area contributed by atoms with Gasteiger partial charge in [-0.15, -0.1) is 0 Å². The fourth-order valence-electron chi connectivity index (χ4n) is 3.32. The smallest absolute Gasteiger partial charge is 0.287 e. The lowest BCUT2D eigenvalue weighted by Gasteiger charge is -2.26. The molecule has 1 N–H and O–H groups in total. The third-order valence-corrected chi connectivity index (χ3v) is 7.04. The molecule has 3 heterocycles. The molecule has 1 amide bonds. The van der Waals surface area contributed by atoms with E-state index in [-0.39, 0.29) is 28.4 Å². The molecule has 0 spiro atoms. The zero-order valence-corrected chi connectivity index (χ0v) is 18.5. The number of furan rings is 1. The SMILES string of the molecule is CC(C)C(NC(=O)c1ccco1)c1nc(-c2ccc(S(=O)(=O)N3CCOCC3)cc2)no1. The van der Waals surface area contributed by atoms with Crippen LogP contribution in [0.4, 0.5) is 0 Å². The molecule has 1 aliphatic heterocycles. The van der Waals surface area contributed by atoms with E-state index in [4.69, 9.17) is 13.7 Å². The third kappa shape index (κ3) is 4.59. The van der Waals surface area contributed by atoms with E-state index in [9.17, 15) is 13.2 Å². The van der Waals surface area contributed by atoms with Crippen molar-refractivity contribution in [1.29, 1.82) is 0 Å². The average molecular weight is 461 g/mol. The minimum Gasteiger partial charge on any atom is -0.459 e. The van der Waals surface area contributed by atoms with Crippen molar-refractivity contribution in [3.63, 3.8) is 0 Å². The Morgan fingerprint density at radius 3 is 2.47 bits per heavy atom. The predicted octanol–water partition coefficient (Wildman–Crippen LogP) is 2.48. The van der Waals surface area contributed by atoms with Gasteiger partial charge in [0.05, 0.1) is 24.4 Å². The number of rotatable bonds is 7. The van der Waals surface area contributed by atoms with Gasteiger partial charge in [-0.1, -0.05) is 19.0 Å². The van der Waals surface area contributed by atoms with Crippen molar-refractivity contribution in [2.24, 2.45) is 5.92 Å². The van der Waals surface area contributed by atoms with Crippen molar-refractivity contribution in [3.8, 4) is 11.4 Å². The van der Waals surface area contributed by atoms with Gasteiger partial charge in [-0.05, 0) is 42.3 Å². The van der Waals surface area contributed by atoms with Crippen LogP contribution in [0.5, 0.6) is 0 Å². The van der Waals surface area contributed by atoms with Crippen LogP contribution in [0.1, 0.15) is 36.3 Å². The minimum absolute atomic E-state index is 0.0248. The van der Waals surface area contributed by atoms with Gasteiger partial charge in [-0.3, -0.25) is 4.79 Å². The monoisotopic (exact) mass is 460 g/mol. The Morgan fingerprint density at radius 1 is 1.12 bits per heavy atom. The standard InChI is InChI=1S/C21H24N4O6S/c1-14(2)18(22-20(26)17-4-3-11-30-17)21-23-19(24-31-21)15-5-7-16(8-6-15)32(27,28)25-9-12-29-13-10-25/h3-8,11,14,18H,9-10,12-13H2,1-2H3,(H,22,26). The molecule has 0 saturated carbocycles. The van der Waals surface area contributed by atoms with Crippen LogP contribution in [-0.2, 0) is 14.8 Å². The van der Waals surface area contributed by atoms with Crippen LogP contribution in [0.2, 0.25) is 0 Å². The minimum atomic E-state index is -3.58. The maximum atomic E-state index is 12.8. The maximum Gasteiger partial charge on any atom is 0.287 e. The molecule has 1 aromatic carbocycles. The van der Waals surface area contributed by atoms with Crippen LogP contribution >= 0.6 is 0 Å². The van der Waals surface area contributed by atoms with Gasteiger partial charge in [0.15, 0.2) is 5.76 Å². The first-order valence-electron chi connectivity index (χ1n) is 10.2. The number of carbonyl (C=O) groups excluding carboxylic acids is 1. The van der Waals surface area contributed by atoms with Crippen molar-refractivity contribution < 1.29 is 26.9 Å². The first kappa shape index (κ1) is 22.2. The summed E-state index contributed by atoms with van der Waals surface area (Å²) in [6.07, 6.45) is 1.42. The second-order valence-electron chi connectivity index (χ2n) is 7.67. The summed E-state index contributed by atoms with van der Waals surface area (Å²) in [5.74, 6) is 0.329. The van der Waals surface area contributed by atoms with E-state index in [0.717, 1.165) is 0 Å². The second kappa shape index (κ2) is 9.23. The average Bonchev–Trinajstić information content (AvgIpc) is 3.50. The molecule has 2 aromatic heterocycles. The molecule has 1 fully saturated rings. The number of hydrogen-bond donors (Lipinski definition) is 1. The Kier molecular flexibility index (Phi) is 6.40. The Hall–Kier alpha value is -3.02. The summed E-state index contributed by atoms with van der Waals surface area (Å²) < 4.78 is 42.7. The summed E-state index contributed by atoms with van der Waals surface area (Å²) >= 11 is 0. The number of nitrogens with one attached hydrogen (secondary N) is 1. The summed E-state index contributed by atoms with van der Waals surface area (Å²) in [5, 5.41) is 6.85. The van der Waals surface area contributed by atoms with Gasteiger partial charge in [0, 0.05) is 18.7 Å². The lowest BCUT2D eigenvalue weighted by atomic mass is 10.0. The van der Waals surface area contributed by atoms with E-state index in [1.165, 1.54) is 22.7 Å². The largest absolute Gasteiger partial charge is 0.459 e. The molecular formula is C21H24N4O6S. The Bertz CT molecular complexity index is 1150. The Labute approximate surface area is 185 Å². The number of aromatic nitrogens is 2. The van der Waals surface area contributed by atoms with Gasteiger partial charge < -0.3 is 19.0 Å². The number of benzene rings is 1. The van der Waals surface area contributed by atoms with E-state index in [2.05, 4.69) is 15.5 Å². The second-order valence-corrected chi connectivity index (χ2v) is 9.61. The summed E-state index contributed by atoms with van der Waals surface area (Å²) in [7, 11) is -3.58. The highest BCUT2D eigenvalue weighted by molar-refractivity contribution is 7.89. The summed E-state index contributed by atoms with van der Waals surface area (Å²) in [6, 6.07) is 8.99. The van der Waals surface area contributed by atoms with Gasteiger partial charge in [-0.25, -0.2) is 8.42 Å². The first-order chi connectivity index (χ1) is 15.4. The van der Waals surface area contributed by atoms with Gasteiger partial charge in [0.1, 0.15) is 6.04 Å². The zero-order valence-electron chi connectivity index (χ0n) is 17.7. The first-order valence-corrected chi connectivity index (χ1v) is 11.7. The quantitative estimate of drug-likeness (QED) is 0.570. The van der Waals surface area contributed by atoms with Crippen LogP contribution in [0.25, 0.3) is 11.4 Å². The van der Waals surface area contributed by atoms with Crippen LogP contribution in [0.15, 0.2) is 56.5 Å². The van der Waals surface area contributed by atoms with Crippen molar-refractivity contribution in [3.05, 3.63) is 54.3 Å². The molecule has 0 aliphatic carbocycles. The van der Waals surface area contributed by atoms with Crippen molar-refractivity contribution in [2.75, 3.05) is 26.3 Å². The molecule has 11 heteroatoms. The molecule has 1 aliphatic rings. The summed E-state index contributed by atoms with van der Waals surface area (Å²) in [5.41, 5.74) is 0.598. The maximum absolute atomic E-state index is 12.8. The Balaban J connectivity index is 1.51. The number of hydrogen-bond acceptors (Lipinski definition) is 8. The number of amides is 1. The number of sulfonamides is 1. The molecule has 3 aromatic rings. The highest BCUT2D eigenvalue weighted by Crippen LogP contribution is 2.26. The Morgan fingerprint density at radius 2 is 1.84 bits per heavy atom. The van der Waals surface area contributed by atoms with Gasteiger partial charge in [0.2, 0.25) is 21.7 Å². The van der Waals surface area contributed by atoms with Gasteiger partial charge in [-0.2, -0.15) is 9.29 Å². The molecule has 32 heavy (non-hydrogen) atoms. The molecule has 0 bridgehead atoms. The normalized spacial score (nSPS) is 16.2. The number of carbonyl (C=O) groups is 1. The molecule has 0 radical (unpaired) electrons. The van der Waals surface area contributed by atoms with Crippen molar-refractivity contribution >= 4 is 15.9 Å². The molecule has 4 rings (SSSR count). The number of ether oxygens (including phenoxy) is 1. The predicted molar refractivity (Wildman–Crippen MR) is 113 cm³/mol. The van der Waals surface area contributed by atoms with Crippen LogP contribution in [0.3, 0.4) is 0 Å². The van der Waals surface area contributed by atoms with Crippen molar-refractivity contribution in [1.82, 2.24) is 19.8 Å². The molecule has 1 saturated heterocycles. The fourth-order valence-corrected chi connectivity index (χ4v) is 4.73. The lowest BCUT2D eigenvalue weighted by Crippen LogP contribution is -2.40. The number of morpholine rings is 1. The van der Waals surface area contributed by atoms with Gasteiger partial charge in [0.25, 0.3) is 5.91 Å². The highest BCUT2D eigenvalue weighted by atomic mass is 32.2. The van der Waals surface area contributed by atoms with E-state index in [1.807, 2.05) is 13.8 Å². The molecule has 1 unspecified atom stereocenters. The van der Waals surface area contributed by atoms with E-state index in [1.54, 1.807) is 24.3 Å². The van der Waals surface area contributed by atoms with E-state index < -0.39 is 16.1 Å². The fraction of sp³-hybridized carbons (Fsp3) is 0.381. The summed E-state index contributed by atoms with van der Waals surface area (Å²) in [6.45, 7) is 5.27. The molecule has 10 nitrogen and oxygen atoms in total. The van der Waals surface area contributed by atoms with E-state index >= 15 is 0 Å². The van der Waals surface area contributed by atoms with Crippen molar-refractivity contribution in [2.45, 2.75) is 24.8 Å². The van der Waals surface area contributed by atoms with E-state index in [0.29, 0.717) is 37.7 Å². The third-order valence-electron chi connectivity index (χ3n) is 5.13. The van der Waals surface area contributed by atoms with Crippen LogP contribution in [0, 0.1) is 5.92 Å².